The van der Waals surface area contributed by atoms with E-state index in [1.807, 2.05) is 30.3 Å². The number of halogens is 1. The van der Waals surface area contributed by atoms with E-state index in [0.717, 1.165) is 31.2 Å². The fourth-order valence-electron chi connectivity index (χ4n) is 4.24. The van der Waals surface area contributed by atoms with E-state index >= 15 is 0 Å². The van der Waals surface area contributed by atoms with Crippen LogP contribution in [-0.4, -0.2) is 23.9 Å². The van der Waals surface area contributed by atoms with Gasteiger partial charge in [0, 0.05) is 24.1 Å². The lowest BCUT2D eigenvalue weighted by atomic mass is 9.78. The first-order valence-electron chi connectivity index (χ1n) is 10.5. The van der Waals surface area contributed by atoms with Gasteiger partial charge in [-0.05, 0) is 36.6 Å². The molecule has 0 aliphatic heterocycles. The maximum absolute atomic E-state index is 13.4. The van der Waals surface area contributed by atoms with Gasteiger partial charge >= 0.3 is 0 Å². The number of hydrogen-bond donors (Lipinski definition) is 2. The standard InChI is InChI=1S/C25H24ClN3O3/c1-32-22-14-20(9-10-21(22)29-23(30)17-13-19(26)16-27-15-17)28-24(31)25(11-5-6-12-25)18-7-3-2-4-8-18/h2-4,7-10,13-16H,5-6,11-12H2,1H3,(H,28,31)(H,29,30). The van der Waals surface area contributed by atoms with E-state index in [9.17, 15) is 9.59 Å². The predicted octanol–water partition coefficient (Wildman–Crippen LogP) is 5.45. The highest BCUT2D eigenvalue weighted by molar-refractivity contribution is 6.30. The van der Waals surface area contributed by atoms with Gasteiger partial charge in [-0.3, -0.25) is 14.6 Å². The summed E-state index contributed by atoms with van der Waals surface area (Å²) in [6.07, 6.45) is 6.59. The summed E-state index contributed by atoms with van der Waals surface area (Å²) in [7, 11) is 1.51. The van der Waals surface area contributed by atoms with Crippen LogP contribution in [0.25, 0.3) is 0 Å². The zero-order valence-electron chi connectivity index (χ0n) is 17.7. The van der Waals surface area contributed by atoms with Crippen molar-refractivity contribution in [3.8, 4) is 5.75 Å². The Kier molecular flexibility index (Phi) is 6.42. The van der Waals surface area contributed by atoms with Gasteiger partial charge in [0.25, 0.3) is 5.91 Å². The minimum Gasteiger partial charge on any atom is -0.494 e. The van der Waals surface area contributed by atoms with E-state index in [1.54, 1.807) is 18.2 Å². The Morgan fingerprint density at radius 1 is 1.00 bits per heavy atom. The lowest BCUT2D eigenvalue weighted by Crippen LogP contribution is -2.37. The molecule has 0 atom stereocenters. The topological polar surface area (TPSA) is 80.3 Å². The molecule has 32 heavy (non-hydrogen) atoms. The number of carbonyl (C=O) groups is 2. The van der Waals surface area contributed by atoms with Crippen molar-refractivity contribution in [1.29, 1.82) is 0 Å². The van der Waals surface area contributed by atoms with E-state index in [-0.39, 0.29) is 11.8 Å². The monoisotopic (exact) mass is 449 g/mol. The van der Waals surface area contributed by atoms with Gasteiger partial charge in [-0.1, -0.05) is 54.8 Å². The number of aromatic nitrogens is 1. The summed E-state index contributed by atoms with van der Waals surface area (Å²) in [6, 6.07) is 16.6. The molecule has 1 heterocycles. The molecule has 6 nitrogen and oxygen atoms in total. The maximum atomic E-state index is 13.4. The number of amides is 2. The minimum atomic E-state index is -0.527. The van der Waals surface area contributed by atoms with E-state index < -0.39 is 5.41 Å². The third kappa shape index (κ3) is 4.46. The van der Waals surface area contributed by atoms with Crippen LogP contribution >= 0.6 is 11.6 Å². The van der Waals surface area contributed by atoms with Crippen LogP contribution in [0.3, 0.4) is 0 Å². The van der Waals surface area contributed by atoms with Gasteiger partial charge in [0.15, 0.2) is 0 Å². The van der Waals surface area contributed by atoms with Crippen molar-refractivity contribution in [3.63, 3.8) is 0 Å². The van der Waals surface area contributed by atoms with Crippen LogP contribution in [0.1, 0.15) is 41.6 Å². The van der Waals surface area contributed by atoms with Crippen molar-refractivity contribution in [3.05, 3.63) is 83.1 Å². The van der Waals surface area contributed by atoms with Crippen molar-refractivity contribution < 1.29 is 14.3 Å². The number of ether oxygens (including phenoxy) is 1. The highest BCUT2D eigenvalue weighted by Gasteiger charge is 2.42. The number of hydrogen-bond acceptors (Lipinski definition) is 4. The number of methoxy groups -OCH3 is 1. The summed E-state index contributed by atoms with van der Waals surface area (Å²) in [5, 5.41) is 6.23. The van der Waals surface area contributed by atoms with Gasteiger partial charge in [-0.2, -0.15) is 0 Å². The smallest absolute Gasteiger partial charge is 0.257 e. The average molecular weight is 450 g/mol. The number of pyridine rings is 1. The second-order valence-corrected chi connectivity index (χ2v) is 8.31. The van der Waals surface area contributed by atoms with E-state index in [1.165, 1.54) is 25.6 Å². The summed E-state index contributed by atoms with van der Waals surface area (Å²) >= 11 is 5.92. The second-order valence-electron chi connectivity index (χ2n) is 7.87. The Bertz CT molecular complexity index is 1130. The molecule has 3 aromatic rings. The van der Waals surface area contributed by atoms with Crippen molar-refractivity contribution in [2.24, 2.45) is 0 Å². The number of carbonyl (C=O) groups excluding carboxylic acids is 2. The van der Waals surface area contributed by atoms with Crippen molar-refractivity contribution >= 4 is 34.8 Å². The Balaban J connectivity index is 1.54. The molecule has 1 saturated carbocycles. The summed E-state index contributed by atoms with van der Waals surface area (Å²) < 4.78 is 5.46. The molecule has 164 valence electrons. The van der Waals surface area contributed by atoms with Gasteiger partial charge in [0.1, 0.15) is 5.75 Å². The SMILES string of the molecule is COc1cc(NC(=O)C2(c3ccccc3)CCCC2)ccc1NC(=O)c1cncc(Cl)c1. The fourth-order valence-corrected chi connectivity index (χ4v) is 4.41. The van der Waals surface area contributed by atoms with Crippen LogP contribution in [0.15, 0.2) is 67.0 Å². The molecule has 0 unspecified atom stereocenters. The molecule has 2 N–H and O–H groups in total. The largest absolute Gasteiger partial charge is 0.494 e. The Labute approximate surface area is 192 Å². The van der Waals surface area contributed by atoms with E-state index in [0.29, 0.717) is 27.7 Å². The zero-order chi connectivity index (χ0) is 22.6. The molecule has 0 bridgehead atoms. The summed E-state index contributed by atoms with van der Waals surface area (Å²) in [4.78, 5) is 29.8. The first-order chi connectivity index (χ1) is 15.5. The van der Waals surface area contributed by atoms with Crippen LogP contribution < -0.4 is 15.4 Å². The molecule has 2 amide bonds. The van der Waals surface area contributed by atoms with Crippen LogP contribution in [0.4, 0.5) is 11.4 Å². The van der Waals surface area contributed by atoms with Crippen molar-refractivity contribution in [1.82, 2.24) is 4.98 Å². The molecule has 7 heteroatoms. The number of benzene rings is 2. The maximum Gasteiger partial charge on any atom is 0.257 e. The summed E-state index contributed by atoms with van der Waals surface area (Å²) in [6.45, 7) is 0. The Morgan fingerprint density at radius 3 is 2.44 bits per heavy atom. The number of nitrogens with zero attached hydrogens (tertiary/aromatic N) is 1. The molecule has 1 fully saturated rings. The third-order valence-electron chi connectivity index (χ3n) is 5.89. The molecule has 0 saturated heterocycles. The number of rotatable bonds is 6. The summed E-state index contributed by atoms with van der Waals surface area (Å²) in [5.41, 5.74) is 1.94. The molecule has 1 aromatic heterocycles. The minimum absolute atomic E-state index is 0.0231. The zero-order valence-corrected chi connectivity index (χ0v) is 18.5. The molecule has 2 aromatic carbocycles. The second kappa shape index (κ2) is 9.40. The van der Waals surface area contributed by atoms with Crippen molar-refractivity contribution in [2.75, 3.05) is 17.7 Å². The van der Waals surface area contributed by atoms with Gasteiger partial charge in [0.05, 0.1) is 28.8 Å². The molecule has 0 radical (unpaired) electrons. The van der Waals surface area contributed by atoms with Gasteiger partial charge in [-0.15, -0.1) is 0 Å². The highest BCUT2D eigenvalue weighted by Crippen LogP contribution is 2.42. The first-order valence-corrected chi connectivity index (χ1v) is 10.9. The molecule has 1 aliphatic carbocycles. The van der Waals surface area contributed by atoms with Crippen LogP contribution in [0.5, 0.6) is 5.75 Å². The van der Waals surface area contributed by atoms with Gasteiger partial charge in [0.2, 0.25) is 5.91 Å². The van der Waals surface area contributed by atoms with Gasteiger partial charge in [-0.25, -0.2) is 0 Å². The normalized spacial score (nSPS) is 14.6. The van der Waals surface area contributed by atoms with E-state index in [4.69, 9.17) is 16.3 Å². The third-order valence-corrected chi connectivity index (χ3v) is 6.10. The van der Waals surface area contributed by atoms with Crippen LogP contribution in [0, 0.1) is 0 Å². The molecule has 4 rings (SSSR count). The molecular weight excluding hydrogens is 426 g/mol. The molecule has 1 aliphatic rings. The number of anilines is 2. The van der Waals surface area contributed by atoms with Gasteiger partial charge < -0.3 is 15.4 Å². The predicted molar refractivity (Wildman–Crippen MR) is 125 cm³/mol. The fraction of sp³-hybridized carbons (Fsp3) is 0.240. The lowest BCUT2D eigenvalue weighted by Gasteiger charge is -2.28. The van der Waals surface area contributed by atoms with Crippen LogP contribution in [0.2, 0.25) is 5.02 Å². The summed E-state index contributed by atoms with van der Waals surface area (Å²) in [5.74, 6) is 0.0560. The molecular formula is C25H24ClN3O3. The quantitative estimate of drug-likeness (QED) is 0.524. The highest BCUT2D eigenvalue weighted by atomic mass is 35.5. The molecule has 0 spiro atoms. The average Bonchev–Trinajstić information content (AvgIpc) is 3.32. The van der Waals surface area contributed by atoms with E-state index in [2.05, 4.69) is 15.6 Å². The lowest BCUT2D eigenvalue weighted by molar-refractivity contribution is -0.121. The Hall–Kier alpha value is -3.38. The van der Waals surface area contributed by atoms with Crippen LogP contribution in [-0.2, 0) is 10.2 Å². The number of nitrogens with one attached hydrogen (secondary N) is 2. The van der Waals surface area contributed by atoms with Crippen molar-refractivity contribution in [2.45, 2.75) is 31.1 Å². The Morgan fingerprint density at radius 2 is 1.75 bits per heavy atom. The first kappa shape index (κ1) is 21.8.